The molecule has 0 saturated carbocycles. The summed E-state index contributed by atoms with van der Waals surface area (Å²) in [5.74, 6) is -0.305. The van der Waals surface area contributed by atoms with Crippen molar-refractivity contribution >= 4 is 22.5 Å². The molecule has 2 aromatic rings. The van der Waals surface area contributed by atoms with Crippen molar-refractivity contribution in [2.24, 2.45) is 0 Å². The largest absolute Gasteiger partial charge is 0.250 e. The van der Waals surface area contributed by atoms with Crippen LogP contribution in [0.2, 0.25) is 5.02 Å². The molecule has 84 valence electrons. The van der Waals surface area contributed by atoms with E-state index in [0.29, 0.717) is 10.5 Å². The third-order valence-corrected chi connectivity index (χ3v) is 2.93. The van der Waals surface area contributed by atoms with Crippen LogP contribution in [0.15, 0.2) is 18.2 Å². The summed E-state index contributed by atoms with van der Waals surface area (Å²) in [6.45, 7) is 3.97. The van der Waals surface area contributed by atoms with Gasteiger partial charge in [-0.25, -0.2) is 9.37 Å². The predicted molar refractivity (Wildman–Crippen MR) is 65.4 cm³/mol. The number of halogens is 2. The Morgan fingerprint density at radius 2 is 2.12 bits per heavy atom. The molecule has 0 N–H and O–H groups in total. The molecule has 0 fully saturated rings. The van der Waals surface area contributed by atoms with Crippen LogP contribution in [0, 0.1) is 12.7 Å². The number of pyridine rings is 1. The Balaban J connectivity index is 2.76. The van der Waals surface area contributed by atoms with Gasteiger partial charge in [0.2, 0.25) is 0 Å². The fourth-order valence-electron chi connectivity index (χ4n) is 1.86. The lowest BCUT2D eigenvalue weighted by Gasteiger charge is -2.07. The second-order valence-corrected chi connectivity index (χ2v) is 4.34. The Hall–Kier alpha value is -1.15. The van der Waals surface area contributed by atoms with Gasteiger partial charge in [-0.2, -0.15) is 0 Å². The van der Waals surface area contributed by atoms with Crippen molar-refractivity contribution in [2.75, 3.05) is 0 Å². The van der Waals surface area contributed by atoms with Crippen molar-refractivity contribution in [3.05, 3.63) is 40.3 Å². The van der Waals surface area contributed by atoms with Crippen molar-refractivity contribution in [1.82, 2.24) is 4.98 Å². The lowest BCUT2D eigenvalue weighted by atomic mass is 10.1. The molecule has 2 rings (SSSR count). The second kappa shape index (κ2) is 4.38. The van der Waals surface area contributed by atoms with E-state index in [4.69, 9.17) is 11.6 Å². The number of fused-ring (bicyclic) bond motifs is 1. The summed E-state index contributed by atoms with van der Waals surface area (Å²) in [6, 6.07) is 5.00. The summed E-state index contributed by atoms with van der Waals surface area (Å²) < 4.78 is 13.6. The van der Waals surface area contributed by atoms with Gasteiger partial charge in [-0.05, 0) is 31.0 Å². The number of hydrogen-bond donors (Lipinski definition) is 0. The van der Waals surface area contributed by atoms with Crippen molar-refractivity contribution in [1.29, 1.82) is 0 Å². The highest BCUT2D eigenvalue weighted by atomic mass is 35.5. The molecule has 0 aliphatic rings. The highest BCUT2D eigenvalue weighted by molar-refractivity contribution is 6.35. The van der Waals surface area contributed by atoms with E-state index in [1.165, 1.54) is 6.07 Å². The van der Waals surface area contributed by atoms with E-state index in [1.807, 2.05) is 13.0 Å². The molecular formula is C13H13ClFN. The van der Waals surface area contributed by atoms with Crippen LogP contribution in [-0.2, 0) is 6.42 Å². The summed E-state index contributed by atoms with van der Waals surface area (Å²) in [5.41, 5.74) is 2.19. The standard InChI is InChI=1S/C13H13ClFN/c1-3-4-9-7-10(14)12-8(2)5-6-11(15)13(12)16-9/h5-7H,3-4H2,1-2H3. The van der Waals surface area contributed by atoms with Crippen LogP contribution in [0.25, 0.3) is 10.9 Å². The molecule has 0 amide bonds. The topological polar surface area (TPSA) is 12.9 Å². The Morgan fingerprint density at radius 1 is 1.38 bits per heavy atom. The molecule has 3 heteroatoms. The molecule has 16 heavy (non-hydrogen) atoms. The minimum atomic E-state index is -0.305. The molecule has 1 nitrogen and oxygen atoms in total. The first kappa shape index (κ1) is 11.3. The van der Waals surface area contributed by atoms with Crippen LogP contribution in [0.4, 0.5) is 4.39 Å². The maximum absolute atomic E-state index is 13.6. The number of hydrogen-bond acceptors (Lipinski definition) is 1. The number of aromatic nitrogens is 1. The molecule has 0 atom stereocenters. The molecule has 0 spiro atoms. The average molecular weight is 238 g/mol. The van der Waals surface area contributed by atoms with E-state index in [-0.39, 0.29) is 5.82 Å². The molecule has 1 heterocycles. The zero-order valence-corrected chi connectivity index (χ0v) is 10.1. The third kappa shape index (κ3) is 1.90. The molecule has 0 aliphatic carbocycles. The van der Waals surface area contributed by atoms with Crippen LogP contribution in [0.3, 0.4) is 0 Å². The van der Waals surface area contributed by atoms with E-state index >= 15 is 0 Å². The van der Waals surface area contributed by atoms with Gasteiger partial charge in [-0.1, -0.05) is 31.0 Å². The van der Waals surface area contributed by atoms with Crippen LogP contribution in [-0.4, -0.2) is 4.98 Å². The molecule has 0 unspecified atom stereocenters. The molecule has 0 saturated heterocycles. The monoisotopic (exact) mass is 237 g/mol. The van der Waals surface area contributed by atoms with Crippen molar-refractivity contribution in [3.8, 4) is 0 Å². The Bertz CT molecular complexity index is 537. The maximum Gasteiger partial charge on any atom is 0.149 e. The van der Waals surface area contributed by atoms with E-state index in [1.54, 1.807) is 6.07 Å². The summed E-state index contributed by atoms with van der Waals surface area (Å²) in [6.07, 6.45) is 1.80. The fraction of sp³-hybridized carbons (Fsp3) is 0.308. The molecule has 0 bridgehead atoms. The zero-order chi connectivity index (χ0) is 11.7. The number of rotatable bonds is 2. The predicted octanol–water partition coefficient (Wildman–Crippen LogP) is 4.29. The first-order valence-electron chi connectivity index (χ1n) is 5.37. The van der Waals surface area contributed by atoms with Crippen LogP contribution >= 0.6 is 11.6 Å². The van der Waals surface area contributed by atoms with Gasteiger partial charge in [0.25, 0.3) is 0 Å². The zero-order valence-electron chi connectivity index (χ0n) is 9.35. The quantitative estimate of drug-likeness (QED) is 0.759. The Kier molecular flexibility index (Phi) is 3.10. The lowest BCUT2D eigenvalue weighted by molar-refractivity contribution is 0.635. The Labute approximate surface area is 99.3 Å². The summed E-state index contributed by atoms with van der Waals surface area (Å²) >= 11 is 6.17. The maximum atomic E-state index is 13.6. The van der Waals surface area contributed by atoms with Crippen molar-refractivity contribution in [2.45, 2.75) is 26.7 Å². The van der Waals surface area contributed by atoms with E-state index in [9.17, 15) is 4.39 Å². The molecule has 0 aliphatic heterocycles. The number of aryl methyl sites for hydroxylation is 2. The van der Waals surface area contributed by atoms with E-state index in [2.05, 4.69) is 11.9 Å². The normalized spacial score (nSPS) is 11.0. The van der Waals surface area contributed by atoms with Crippen LogP contribution < -0.4 is 0 Å². The molecule has 1 aromatic carbocycles. The number of nitrogens with zero attached hydrogens (tertiary/aromatic N) is 1. The highest BCUT2D eigenvalue weighted by Gasteiger charge is 2.10. The van der Waals surface area contributed by atoms with Gasteiger partial charge in [0, 0.05) is 11.1 Å². The van der Waals surface area contributed by atoms with Crippen LogP contribution in [0.5, 0.6) is 0 Å². The SMILES string of the molecule is CCCc1cc(Cl)c2c(C)ccc(F)c2n1. The first-order valence-corrected chi connectivity index (χ1v) is 5.75. The second-order valence-electron chi connectivity index (χ2n) is 3.93. The first-order chi connectivity index (χ1) is 7.63. The summed E-state index contributed by atoms with van der Waals surface area (Å²) in [5, 5.41) is 1.31. The molecular weight excluding hydrogens is 225 g/mol. The molecule has 0 radical (unpaired) electrons. The minimum absolute atomic E-state index is 0.305. The van der Waals surface area contributed by atoms with Gasteiger partial charge < -0.3 is 0 Å². The van der Waals surface area contributed by atoms with Gasteiger partial charge in [-0.3, -0.25) is 0 Å². The van der Waals surface area contributed by atoms with Gasteiger partial charge in [0.1, 0.15) is 11.3 Å². The van der Waals surface area contributed by atoms with Gasteiger partial charge in [0.15, 0.2) is 0 Å². The fourth-order valence-corrected chi connectivity index (χ4v) is 2.22. The van der Waals surface area contributed by atoms with Gasteiger partial charge >= 0.3 is 0 Å². The third-order valence-electron chi connectivity index (χ3n) is 2.63. The average Bonchev–Trinajstić information content (AvgIpc) is 2.23. The summed E-state index contributed by atoms with van der Waals surface area (Å²) in [4.78, 5) is 4.33. The van der Waals surface area contributed by atoms with E-state index < -0.39 is 0 Å². The van der Waals surface area contributed by atoms with Crippen LogP contribution in [0.1, 0.15) is 24.6 Å². The smallest absolute Gasteiger partial charge is 0.149 e. The van der Waals surface area contributed by atoms with Crippen molar-refractivity contribution in [3.63, 3.8) is 0 Å². The van der Waals surface area contributed by atoms with Gasteiger partial charge in [-0.15, -0.1) is 0 Å². The van der Waals surface area contributed by atoms with Gasteiger partial charge in [0.05, 0.1) is 5.02 Å². The molecule has 1 aromatic heterocycles. The highest BCUT2D eigenvalue weighted by Crippen LogP contribution is 2.28. The number of benzene rings is 1. The van der Waals surface area contributed by atoms with E-state index in [0.717, 1.165) is 29.5 Å². The minimum Gasteiger partial charge on any atom is -0.250 e. The Morgan fingerprint density at radius 3 is 2.81 bits per heavy atom. The van der Waals surface area contributed by atoms with Crippen molar-refractivity contribution < 1.29 is 4.39 Å². The lowest BCUT2D eigenvalue weighted by Crippen LogP contribution is -1.94. The summed E-state index contributed by atoms with van der Waals surface area (Å²) in [7, 11) is 0.